The molecule has 0 bridgehead atoms. The fraction of sp³-hybridized carbons (Fsp3) is 0.830. The van der Waals surface area contributed by atoms with Crippen molar-refractivity contribution in [3.05, 3.63) is 85.1 Å². The summed E-state index contributed by atoms with van der Waals surface area (Å²) < 4.78 is 34.5. The first-order valence-corrected chi connectivity index (χ1v) is 46.8. The summed E-state index contributed by atoms with van der Waals surface area (Å²) in [6, 6.07) is 0. The number of esters is 2. The molecule has 2 unspecified atom stereocenters. The lowest BCUT2D eigenvalue weighted by molar-refractivity contribution is -0.870. The highest BCUT2D eigenvalue weighted by Gasteiger charge is 2.22. The van der Waals surface area contributed by atoms with E-state index in [9.17, 15) is 19.0 Å². The average Bonchev–Trinajstić information content (AvgIpc) is 0.915. The highest BCUT2D eigenvalue weighted by molar-refractivity contribution is 7.45. The van der Waals surface area contributed by atoms with Crippen LogP contribution in [0.3, 0.4) is 0 Å². The molecule has 0 aromatic heterocycles. The second kappa shape index (κ2) is 84.2. The zero-order chi connectivity index (χ0) is 75.4. The van der Waals surface area contributed by atoms with Gasteiger partial charge in [0, 0.05) is 12.8 Å². The number of allylic oxidation sites excluding steroid dienone is 14. The fourth-order valence-electron chi connectivity index (χ4n) is 13.6. The number of carbonyl (C=O) groups excluding carboxylic acids is 2. The number of unbranched alkanes of at least 4 members (excludes halogenated alkanes) is 57. The van der Waals surface area contributed by atoms with Gasteiger partial charge >= 0.3 is 11.9 Å². The van der Waals surface area contributed by atoms with Gasteiger partial charge in [-0.25, -0.2) is 0 Å². The Morgan fingerprint density at radius 3 is 0.817 bits per heavy atom. The van der Waals surface area contributed by atoms with E-state index < -0.39 is 26.5 Å². The summed E-state index contributed by atoms with van der Waals surface area (Å²) in [5.41, 5.74) is 0. The molecule has 0 aliphatic heterocycles. The van der Waals surface area contributed by atoms with Crippen molar-refractivity contribution in [1.29, 1.82) is 0 Å². The highest BCUT2D eigenvalue weighted by Crippen LogP contribution is 2.38. The molecule has 0 saturated heterocycles. The maximum Gasteiger partial charge on any atom is 0.306 e. The number of phosphoric ester groups is 1. The number of nitrogens with zero attached hydrogens (tertiary/aromatic N) is 1. The zero-order valence-electron chi connectivity index (χ0n) is 69.7. The molecule has 0 saturated carbocycles. The third-order valence-corrected chi connectivity index (χ3v) is 21.4. The third kappa shape index (κ3) is 88.1. The Morgan fingerprint density at radius 1 is 0.308 bits per heavy atom. The molecule has 0 aliphatic carbocycles. The Balaban J connectivity index is 3.86. The van der Waals surface area contributed by atoms with E-state index in [1.54, 1.807) is 0 Å². The minimum atomic E-state index is -4.65. The van der Waals surface area contributed by atoms with Crippen molar-refractivity contribution in [3.8, 4) is 0 Å². The van der Waals surface area contributed by atoms with Gasteiger partial charge in [-0.05, 0) is 70.6 Å². The van der Waals surface area contributed by atoms with Crippen LogP contribution in [0, 0.1) is 0 Å². The fourth-order valence-corrected chi connectivity index (χ4v) is 14.3. The SMILES string of the molecule is CC/C=C\C/C=C\C/C=C\C/C=C\C/C=C\C/C=C\C/C=C\CCCCCCCCCCCCCCCCCCCC(=O)OC(COC(=O)CCCCCCCCCCCCCCCCCCCCCCCCCCCCCCCCCCCCCCCCCCC)COP(=O)([O-])OCC[N+](C)(C)C. The zero-order valence-corrected chi connectivity index (χ0v) is 70.6. The second-order valence-electron chi connectivity index (χ2n) is 31.9. The Bertz CT molecular complexity index is 2040. The summed E-state index contributed by atoms with van der Waals surface area (Å²) in [5, 5.41) is 0. The second-order valence-corrected chi connectivity index (χ2v) is 33.4. The Labute approximate surface area is 647 Å². The maximum atomic E-state index is 12.9. The Hall–Kier alpha value is -2.81. The quantitative estimate of drug-likeness (QED) is 0.0195. The first-order valence-electron chi connectivity index (χ1n) is 45.3. The van der Waals surface area contributed by atoms with Gasteiger partial charge in [-0.15, -0.1) is 0 Å². The smallest absolute Gasteiger partial charge is 0.306 e. The molecule has 0 aliphatic rings. The molecule has 0 amide bonds. The van der Waals surface area contributed by atoms with Crippen LogP contribution in [0.25, 0.3) is 0 Å². The molecule has 10 heteroatoms. The van der Waals surface area contributed by atoms with Crippen molar-refractivity contribution in [3.63, 3.8) is 0 Å². The minimum absolute atomic E-state index is 0.0299. The highest BCUT2D eigenvalue weighted by atomic mass is 31.2. The van der Waals surface area contributed by atoms with Gasteiger partial charge in [-0.3, -0.25) is 14.2 Å². The van der Waals surface area contributed by atoms with Crippen LogP contribution in [0.1, 0.15) is 450 Å². The number of hydrogen-bond acceptors (Lipinski definition) is 8. The van der Waals surface area contributed by atoms with E-state index in [0.29, 0.717) is 17.4 Å². The van der Waals surface area contributed by atoms with Gasteiger partial charge in [-0.1, -0.05) is 452 Å². The number of likely N-dealkylation sites (N-methyl/N-ethyl adjacent to an activating group) is 1. The number of ether oxygens (including phenoxy) is 2. The number of quaternary nitrogens is 1. The normalized spacial score (nSPS) is 13.3. The van der Waals surface area contributed by atoms with Crippen LogP contribution in [0.2, 0.25) is 0 Å². The van der Waals surface area contributed by atoms with Crippen LogP contribution in [0.4, 0.5) is 0 Å². The lowest BCUT2D eigenvalue weighted by Gasteiger charge is -2.28. The van der Waals surface area contributed by atoms with Gasteiger partial charge in [0.25, 0.3) is 7.82 Å². The van der Waals surface area contributed by atoms with Crippen molar-refractivity contribution in [2.24, 2.45) is 0 Å². The average molecular weight is 1480 g/mol. The van der Waals surface area contributed by atoms with Crippen LogP contribution in [-0.4, -0.2) is 70.0 Å². The summed E-state index contributed by atoms with van der Waals surface area (Å²) in [7, 11) is 1.18. The minimum Gasteiger partial charge on any atom is -0.756 e. The van der Waals surface area contributed by atoms with E-state index in [-0.39, 0.29) is 32.0 Å². The predicted octanol–water partition coefficient (Wildman–Crippen LogP) is 30.1. The molecule has 2 atom stereocenters. The van der Waals surface area contributed by atoms with E-state index in [4.69, 9.17) is 18.5 Å². The third-order valence-electron chi connectivity index (χ3n) is 20.4. The van der Waals surface area contributed by atoms with Crippen molar-refractivity contribution in [1.82, 2.24) is 0 Å². The molecule has 0 rings (SSSR count). The topological polar surface area (TPSA) is 111 Å². The molecular weight excluding hydrogens is 1300 g/mol. The van der Waals surface area contributed by atoms with E-state index >= 15 is 0 Å². The lowest BCUT2D eigenvalue weighted by atomic mass is 10.0. The van der Waals surface area contributed by atoms with Gasteiger partial charge < -0.3 is 27.9 Å². The summed E-state index contributed by atoms with van der Waals surface area (Å²) in [6.07, 6.45) is 118. The van der Waals surface area contributed by atoms with Crippen molar-refractivity contribution in [2.75, 3.05) is 47.5 Å². The van der Waals surface area contributed by atoms with E-state index in [0.717, 1.165) is 83.5 Å². The van der Waals surface area contributed by atoms with Gasteiger partial charge in [0.1, 0.15) is 19.8 Å². The van der Waals surface area contributed by atoms with E-state index in [2.05, 4.69) is 98.9 Å². The van der Waals surface area contributed by atoms with Crippen LogP contribution < -0.4 is 4.89 Å². The van der Waals surface area contributed by atoms with Crippen molar-refractivity contribution < 1.29 is 42.1 Å². The van der Waals surface area contributed by atoms with Gasteiger partial charge in [0.15, 0.2) is 6.10 Å². The van der Waals surface area contributed by atoms with Gasteiger partial charge in [0.2, 0.25) is 0 Å². The lowest BCUT2D eigenvalue weighted by Crippen LogP contribution is -2.37. The Kier molecular flexibility index (Phi) is 81.9. The summed E-state index contributed by atoms with van der Waals surface area (Å²) >= 11 is 0. The predicted molar refractivity (Wildman–Crippen MR) is 453 cm³/mol. The molecular formula is C94H174NO8P. The molecule has 9 nitrogen and oxygen atoms in total. The molecule has 0 radical (unpaired) electrons. The van der Waals surface area contributed by atoms with Crippen molar-refractivity contribution >= 4 is 19.8 Å². The Morgan fingerprint density at radius 2 is 0.548 bits per heavy atom. The number of phosphoric acid groups is 1. The standard InChI is InChI=1S/C94H174NO8P/c1-6-8-10-12-14-16-18-20-22-24-26-28-30-32-34-36-38-40-42-44-46-47-49-50-52-54-56-58-60-62-64-66-68-70-72-74-76-78-80-82-84-86-93(96)100-90-92(91-102-104(98,99)101-89-88-95(3,4)5)103-94(97)87-85-83-81-79-77-75-73-71-69-67-65-63-61-59-57-55-53-51-48-45-43-41-39-37-35-33-31-29-27-25-23-21-19-17-15-13-11-9-7-2/h9,11,15,17,21,23,27,29,33,35,39,41,45,48,92H,6-8,10,12-14,16,18-20,22,24-26,28,30-32,34,36-38,40,42-44,46-47,49-91H2,1-5H3/b11-9-,17-15-,23-21-,29-27-,35-33-,41-39-,48-45-. The number of rotatable bonds is 85. The molecule has 608 valence electrons. The molecule has 0 aromatic rings. The monoisotopic (exact) mass is 1480 g/mol. The van der Waals surface area contributed by atoms with Crippen LogP contribution in [0.15, 0.2) is 85.1 Å². The largest absolute Gasteiger partial charge is 0.756 e. The van der Waals surface area contributed by atoms with Gasteiger partial charge in [0.05, 0.1) is 27.7 Å². The van der Waals surface area contributed by atoms with Crippen LogP contribution in [0.5, 0.6) is 0 Å². The maximum absolute atomic E-state index is 12.9. The number of carbonyl (C=O) groups is 2. The van der Waals surface area contributed by atoms with Gasteiger partial charge in [-0.2, -0.15) is 0 Å². The van der Waals surface area contributed by atoms with Crippen LogP contribution in [-0.2, 0) is 32.7 Å². The summed E-state index contributed by atoms with van der Waals surface area (Å²) in [5.74, 6) is -0.811. The van der Waals surface area contributed by atoms with Crippen LogP contribution >= 0.6 is 7.82 Å². The number of hydrogen-bond donors (Lipinski definition) is 0. The van der Waals surface area contributed by atoms with E-state index in [1.165, 1.54) is 334 Å². The molecule has 0 N–H and O–H groups in total. The summed E-state index contributed by atoms with van der Waals surface area (Å²) in [4.78, 5) is 38.3. The first-order chi connectivity index (χ1) is 51.0. The molecule has 104 heavy (non-hydrogen) atoms. The van der Waals surface area contributed by atoms with E-state index in [1.807, 2.05) is 21.1 Å². The molecule has 0 heterocycles. The molecule has 0 aromatic carbocycles. The first kappa shape index (κ1) is 101. The van der Waals surface area contributed by atoms with Crippen molar-refractivity contribution in [2.45, 2.75) is 457 Å². The molecule has 0 fully saturated rings. The summed E-state index contributed by atoms with van der Waals surface area (Å²) in [6.45, 7) is 4.20. The molecule has 0 spiro atoms.